The van der Waals surface area contributed by atoms with E-state index in [1.54, 1.807) is 0 Å². The molecule has 5 heteroatoms. The number of hydrogen-bond donors (Lipinski definition) is 1. The molecule has 0 amide bonds. The van der Waals surface area contributed by atoms with Crippen molar-refractivity contribution in [2.24, 2.45) is 5.92 Å². The van der Waals surface area contributed by atoms with E-state index in [0.717, 1.165) is 11.0 Å². The average Bonchev–Trinajstić information content (AvgIpc) is 1.80. The van der Waals surface area contributed by atoms with Gasteiger partial charge in [-0.2, -0.15) is 0 Å². The molecule has 1 N–H and O–H groups in total. The van der Waals surface area contributed by atoms with Gasteiger partial charge in [0.25, 0.3) is 0 Å². The average molecular weight is 188 g/mol. The molecule has 0 bridgehead atoms. The Morgan fingerprint density at radius 1 is 1.33 bits per heavy atom. The molecule has 3 nitrogen and oxygen atoms in total. The van der Waals surface area contributed by atoms with Crippen LogP contribution in [0.3, 0.4) is 0 Å². The molecule has 12 heavy (non-hydrogen) atoms. The predicted octanol–water partition coefficient (Wildman–Crippen LogP) is 1.51. The fourth-order valence-corrected chi connectivity index (χ4v) is 0.980. The Labute approximate surface area is 84.9 Å². The first-order chi connectivity index (χ1) is 5.29. The molecular formula is C7H17LiO3S. The molecule has 0 saturated carbocycles. The van der Waals surface area contributed by atoms with Crippen molar-refractivity contribution in [2.75, 3.05) is 5.75 Å². The third-order valence-electron chi connectivity index (χ3n) is 0.756. The van der Waals surface area contributed by atoms with Crippen molar-refractivity contribution >= 4 is 27.8 Å². The summed E-state index contributed by atoms with van der Waals surface area (Å²) >= 11 is 1.87. The Hall–Kier alpha value is 0.507. The first-order valence-corrected chi connectivity index (χ1v) is 5.85. The maximum atomic E-state index is 9.95. The first-order valence-electron chi connectivity index (χ1n) is 4.24. The summed E-state index contributed by atoms with van der Waals surface area (Å²) in [4.78, 5) is 0. The minimum absolute atomic E-state index is 0.108. The quantitative estimate of drug-likeness (QED) is 0.539. The predicted molar refractivity (Wildman–Crippen MR) is 52.1 cm³/mol. The van der Waals surface area contributed by atoms with Crippen LogP contribution in [0.5, 0.6) is 0 Å². The zero-order valence-electron chi connectivity index (χ0n) is 8.37. The normalized spacial score (nSPS) is 10.9. The van der Waals surface area contributed by atoms with E-state index in [2.05, 4.69) is 20.8 Å². The molecule has 0 aromatic carbocycles. The molecule has 0 aliphatic heterocycles. The van der Waals surface area contributed by atoms with Crippen LogP contribution in [0, 0.1) is 5.92 Å². The van der Waals surface area contributed by atoms with Crippen LogP contribution in [-0.4, -0.2) is 36.4 Å². The van der Waals surface area contributed by atoms with Crippen molar-refractivity contribution in [2.45, 2.75) is 32.3 Å². The second-order valence-electron chi connectivity index (χ2n) is 3.37. The van der Waals surface area contributed by atoms with Crippen LogP contribution in [0.25, 0.3) is 0 Å². The molecule has 0 aliphatic rings. The Balaban J connectivity index is 0. The van der Waals surface area contributed by atoms with Crippen LogP contribution >= 0.6 is 0 Å². The van der Waals surface area contributed by atoms with Crippen LogP contribution in [-0.2, 0) is 10.1 Å². The van der Waals surface area contributed by atoms with E-state index in [0.29, 0.717) is 6.42 Å². The van der Waals surface area contributed by atoms with Gasteiger partial charge in [-0.05, 0) is 5.92 Å². The van der Waals surface area contributed by atoms with Gasteiger partial charge in [-0.15, -0.1) is 0 Å². The van der Waals surface area contributed by atoms with E-state index in [4.69, 9.17) is 4.55 Å². The van der Waals surface area contributed by atoms with E-state index in [1.165, 1.54) is 0 Å². The van der Waals surface area contributed by atoms with Crippen LogP contribution in [0.4, 0.5) is 0 Å². The minimum atomic E-state index is -3.69. The van der Waals surface area contributed by atoms with E-state index in [9.17, 15) is 8.42 Å². The summed E-state index contributed by atoms with van der Waals surface area (Å²) in [5.74, 6) is 0.726. The summed E-state index contributed by atoms with van der Waals surface area (Å²) in [7, 11) is -3.69. The summed E-state index contributed by atoms with van der Waals surface area (Å²) in [5, 5.41) is 0.791. The fourth-order valence-electron chi connectivity index (χ4n) is 0.327. The van der Waals surface area contributed by atoms with Gasteiger partial charge in [0.1, 0.15) is 0 Å². The molecule has 0 radical (unpaired) electrons. The molecule has 0 unspecified atom stereocenters. The van der Waals surface area contributed by atoms with Gasteiger partial charge in [0.15, 0.2) is 0 Å². The van der Waals surface area contributed by atoms with Gasteiger partial charge < -0.3 is 0 Å². The zero-order chi connectivity index (χ0) is 10.2. The van der Waals surface area contributed by atoms with Crippen LogP contribution in [0.2, 0.25) is 5.09 Å². The Kier molecular flexibility index (Phi) is 10.2. The standard InChI is InChI=1S/C4H10.C3H7O3S.Li/c1-4(2)3;1-2-3-7(4,5)6;/h4H,1-3H3;1-3H2,(H,4,5,6);. The zero-order valence-corrected chi connectivity index (χ0v) is 9.19. The van der Waals surface area contributed by atoms with Crippen molar-refractivity contribution in [3.05, 3.63) is 0 Å². The summed E-state index contributed by atoms with van der Waals surface area (Å²) < 4.78 is 28.0. The molecule has 0 heterocycles. The van der Waals surface area contributed by atoms with Crippen LogP contribution in [0.15, 0.2) is 0 Å². The number of hydrogen-bond acceptors (Lipinski definition) is 2. The van der Waals surface area contributed by atoms with Crippen molar-refractivity contribution < 1.29 is 13.0 Å². The molecule has 0 rings (SSSR count). The molecule has 0 aromatic heterocycles. The van der Waals surface area contributed by atoms with Gasteiger partial charge in [-0.1, -0.05) is 20.8 Å². The third kappa shape index (κ3) is 31.3. The van der Waals surface area contributed by atoms with Gasteiger partial charge in [0.05, 0.1) is 0 Å². The van der Waals surface area contributed by atoms with Crippen LogP contribution in [0.1, 0.15) is 27.2 Å². The summed E-state index contributed by atoms with van der Waals surface area (Å²) in [6.45, 7) is 6.50. The van der Waals surface area contributed by atoms with E-state index in [1.807, 2.05) is 17.7 Å². The van der Waals surface area contributed by atoms with Crippen molar-refractivity contribution in [3.63, 3.8) is 0 Å². The van der Waals surface area contributed by atoms with Crippen LogP contribution < -0.4 is 0 Å². The topological polar surface area (TPSA) is 54.4 Å². The van der Waals surface area contributed by atoms with Crippen molar-refractivity contribution in [1.29, 1.82) is 0 Å². The van der Waals surface area contributed by atoms with Crippen molar-refractivity contribution in [3.8, 4) is 0 Å². The van der Waals surface area contributed by atoms with E-state index < -0.39 is 10.1 Å². The van der Waals surface area contributed by atoms with Gasteiger partial charge in [-0.25, -0.2) is 0 Å². The second kappa shape index (κ2) is 8.12. The maximum absolute atomic E-state index is 9.95. The van der Waals surface area contributed by atoms with Gasteiger partial charge in [0.2, 0.25) is 0 Å². The first kappa shape index (κ1) is 15.0. The Bertz CT molecular complexity index is 172. The molecule has 0 atom stereocenters. The number of rotatable bonds is 3. The monoisotopic (exact) mass is 188 g/mol. The van der Waals surface area contributed by atoms with Gasteiger partial charge >= 0.3 is 58.1 Å². The molecule has 0 aliphatic carbocycles. The summed E-state index contributed by atoms with van der Waals surface area (Å²) in [6, 6.07) is 0. The molecule has 0 aromatic rings. The van der Waals surface area contributed by atoms with E-state index in [-0.39, 0.29) is 5.75 Å². The SMILES string of the molecule is CC(C)C.[Li][CH2]CCS(=O)(=O)O. The Morgan fingerprint density at radius 2 is 1.67 bits per heavy atom. The van der Waals surface area contributed by atoms with Gasteiger partial charge in [-0.3, -0.25) is 0 Å². The molecular weight excluding hydrogens is 171 g/mol. The Morgan fingerprint density at radius 3 is 1.75 bits per heavy atom. The third-order valence-corrected chi connectivity index (χ3v) is 1.56. The summed E-state index contributed by atoms with van der Waals surface area (Å²) in [6.07, 6.45) is 0.541. The molecule has 0 spiro atoms. The van der Waals surface area contributed by atoms with Gasteiger partial charge in [0, 0.05) is 0 Å². The van der Waals surface area contributed by atoms with Crippen molar-refractivity contribution in [1.82, 2.24) is 0 Å². The fraction of sp³-hybridized carbons (Fsp3) is 1.00. The molecule has 70 valence electrons. The molecule has 0 saturated heterocycles. The van der Waals surface area contributed by atoms with E-state index >= 15 is 0 Å². The summed E-state index contributed by atoms with van der Waals surface area (Å²) in [5.41, 5.74) is 0. The second-order valence-corrected chi connectivity index (χ2v) is 4.94. The molecule has 0 fully saturated rings.